The summed E-state index contributed by atoms with van der Waals surface area (Å²) in [6.45, 7) is 0.778. The van der Waals surface area contributed by atoms with E-state index in [-0.39, 0.29) is 0 Å². The number of aromatic nitrogens is 1. The normalized spacial score (nSPS) is 10.7. The van der Waals surface area contributed by atoms with E-state index in [1.807, 2.05) is 43.6 Å². The summed E-state index contributed by atoms with van der Waals surface area (Å²) in [6.07, 6.45) is 3.58. The van der Waals surface area contributed by atoms with Crippen molar-refractivity contribution in [3.8, 4) is 11.5 Å². The molecule has 0 amide bonds. The molecule has 3 nitrogen and oxygen atoms in total. The fraction of sp³-hybridized carbons (Fsp3) is 0.118. The lowest BCUT2D eigenvalue weighted by molar-refractivity contribution is 0.484. The lowest BCUT2D eigenvalue weighted by atomic mass is 10.1. The Kier molecular flexibility index (Phi) is 3.61. The minimum Gasteiger partial charge on any atom is -0.455 e. The molecule has 2 aromatic carbocycles. The molecule has 0 saturated heterocycles. The van der Waals surface area contributed by atoms with Crippen LogP contribution in [0.3, 0.4) is 0 Å². The second-order valence-electron chi connectivity index (χ2n) is 4.64. The van der Waals surface area contributed by atoms with Crippen molar-refractivity contribution in [3.05, 3.63) is 66.5 Å². The molecule has 0 aliphatic carbocycles. The van der Waals surface area contributed by atoms with Gasteiger partial charge in [-0.05, 0) is 30.1 Å². The zero-order valence-corrected chi connectivity index (χ0v) is 11.3. The molecule has 1 heterocycles. The van der Waals surface area contributed by atoms with Gasteiger partial charge >= 0.3 is 0 Å². The minimum atomic E-state index is 0.758. The Hall–Kier alpha value is -2.39. The molecule has 0 saturated carbocycles. The Morgan fingerprint density at radius 1 is 1.05 bits per heavy atom. The third-order valence-corrected chi connectivity index (χ3v) is 3.13. The third kappa shape index (κ3) is 2.63. The number of nitrogens with zero attached hydrogens (tertiary/aromatic N) is 1. The van der Waals surface area contributed by atoms with Crippen LogP contribution in [0.25, 0.3) is 10.8 Å². The maximum atomic E-state index is 5.99. The van der Waals surface area contributed by atoms with Crippen molar-refractivity contribution in [2.45, 2.75) is 6.54 Å². The molecule has 0 bridgehead atoms. The van der Waals surface area contributed by atoms with Gasteiger partial charge in [0.25, 0.3) is 0 Å². The quantitative estimate of drug-likeness (QED) is 0.779. The molecule has 0 unspecified atom stereocenters. The predicted molar refractivity (Wildman–Crippen MR) is 81.0 cm³/mol. The molecule has 0 radical (unpaired) electrons. The molecule has 0 aliphatic heterocycles. The topological polar surface area (TPSA) is 34.2 Å². The van der Waals surface area contributed by atoms with Crippen LogP contribution in [-0.2, 0) is 6.54 Å². The highest BCUT2D eigenvalue weighted by atomic mass is 16.5. The zero-order valence-electron chi connectivity index (χ0n) is 11.3. The largest absolute Gasteiger partial charge is 0.455 e. The Bertz CT molecular complexity index is 720. The predicted octanol–water partition coefficient (Wildman–Crippen LogP) is 3.75. The van der Waals surface area contributed by atoms with E-state index in [0.717, 1.165) is 29.0 Å². The summed E-state index contributed by atoms with van der Waals surface area (Å²) in [4.78, 5) is 4.21. The van der Waals surface area contributed by atoms with Crippen LogP contribution in [0.2, 0.25) is 0 Å². The number of pyridine rings is 1. The Labute approximate surface area is 118 Å². The first-order valence-corrected chi connectivity index (χ1v) is 6.61. The average molecular weight is 264 g/mol. The maximum absolute atomic E-state index is 5.99. The van der Waals surface area contributed by atoms with E-state index in [0.29, 0.717) is 0 Å². The van der Waals surface area contributed by atoms with Gasteiger partial charge in [0.15, 0.2) is 0 Å². The zero-order chi connectivity index (χ0) is 13.8. The Morgan fingerprint density at radius 2 is 1.90 bits per heavy atom. The van der Waals surface area contributed by atoms with Gasteiger partial charge in [-0.25, -0.2) is 0 Å². The molecular weight excluding hydrogens is 248 g/mol. The van der Waals surface area contributed by atoms with Crippen LogP contribution in [0.15, 0.2) is 60.9 Å². The number of fused-ring (bicyclic) bond motifs is 1. The van der Waals surface area contributed by atoms with Crippen molar-refractivity contribution < 1.29 is 4.74 Å². The molecule has 3 rings (SSSR count). The lowest BCUT2D eigenvalue weighted by Gasteiger charge is -2.09. The third-order valence-electron chi connectivity index (χ3n) is 3.13. The van der Waals surface area contributed by atoms with Gasteiger partial charge in [0.2, 0.25) is 0 Å². The number of rotatable bonds is 4. The van der Waals surface area contributed by atoms with Crippen molar-refractivity contribution in [1.82, 2.24) is 10.3 Å². The second kappa shape index (κ2) is 5.72. The molecule has 1 aromatic heterocycles. The van der Waals surface area contributed by atoms with Gasteiger partial charge in [0.05, 0.1) is 6.20 Å². The molecule has 0 spiro atoms. The summed E-state index contributed by atoms with van der Waals surface area (Å²) in [6, 6.07) is 16.3. The van der Waals surface area contributed by atoms with Crippen LogP contribution in [0.5, 0.6) is 11.5 Å². The van der Waals surface area contributed by atoms with E-state index in [9.17, 15) is 0 Å². The lowest BCUT2D eigenvalue weighted by Crippen LogP contribution is -2.05. The minimum absolute atomic E-state index is 0.758. The molecular formula is C17H16N2O. The van der Waals surface area contributed by atoms with Crippen LogP contribution in [0, 0.1) is 0 Å². The SMILES string of the molecule is CNCc1cncc(Oc2cccc3ccccc23)c1. The molecule has 0 atom stereocenters. The van der Waals surface area contributed by atoms with Gasteiger partial charge in [-0.1, -0.05) is 36.4 Å². The summed E-state index contributed by atoms with van der Waals surface area (Å²) in [5.41, 5.74) is 1.10. The summed E-state index contributed by atoms with van der Waals surface area (Å²) in [5, 5.41) is 5.39. The highest BCUT2D eigenvalue weighted by molar-refractivity contribution is 5.88. The number of hydrogen-bond donors (Lipinski definition) is 1. The Morgan fingerprint density at radius 3 is 2.80 bits per heavy atom. The second-order valence-corrected chi connectivity index (χ2v) is 4.64. The number of nitrogens with one attached hydrogen (secondary N) is 1. The highest BCUT2D eigenvalue weighted by Crippen LogP contribution is 2.29. The molecule has 3 aromatic rings. The molecule has 0 aliphatic rings. The van der Waals surface area contributed by atoms with E-state index < -0.39 is 0 Å². The van der Waals surface area contributed by atoms with Gasteiger partial charge in [-0.2, -0.15) is 0 Å². The number of benzene rings is 2. The van der Waals surface area contributed by atoms with Gasteiger partial charge in [0, 0.05) is 18.1 Å². The molecule has 0 fully saturated rings. The van der Waals surface area contributed by atoms with Gasteiger partial charge in [-0.15, -0.1) is 0 Å². The van der Waals surface area contributed by atoms with E-state index in [1.54, 1.807) is 6.20 Å². The van der Waals surface area contributed by atoms with E-state index >= 15 is 0 Å². The Balaban J connectivity index is 1.95. The fourth-order valence-electron chi connectivity index (χ4n) is 2.23. The first kappa shape index (κ1) is 12.6. The van der Waals surface area contributed by atoms with Crippen LogP contribution < -0.4 is 10.1 Å². The smallest absolute Gasteiger partial charge is 0.146 e. The van der Waals surface area contributed by atoms with Crippen molar-refractivity contribution in [2.24, 2.45) is 0 Å². The van der Waals surface area contributed by atoms with Crippen LogP contribution in [-0.4, -0.2) is 12.0 Å². The molecule has 20 heavy (non-hydrogen) atoms. The molecule has 3 heteroatoms. The van der Waals surface area contributed by atoms with Crippen molar-refractivity contribution in [3.63, 3.8) is 0 Å². The van der Waals surface area contributed by atoms with Gasteiger partial charge in [-0.3, -0.25) is 4.98 Å². The summed E-state index contributed by atoms with van der Waals surface area (Å²) >= 11 is 0. The van der Waals surface area contributed by atoms with Crippen LogP contribution in [0.4, 0.5) is 0 Å². The first-order valence-electron chi connectivity index (χ1n) is 6.61. The summed E-state index contributed by atoms with van der Waals surface area (Å²) < 4.78 is 5.99. The maximum Gasteiger partial charge on any atom is 0.146 e. The average Bonchev–Trinajstić information content (AvgIpc) is 2.48. The van der Waals surface area contributed by atoms with Crippen molar-refractivity contribution in [2.75, 3.05) is 7.05 Å². The summed E-state index contributed by atoms with van der Waals surface area (Å²) in [5.74, 6) is 1.61. The standard InChI is InChI=1S/C17H16N2O/c1-18-10-13-9-15(12-19-11-13)20-17-8-4-6-14-5-2-3-7-16(14)17/h2-9,11-12,18H,10H2,1H3. The molecule has 1 N–H and O–H groups in total. The monoisotopic (exact) mass is 264 g/mol. The van der Waals surface area contributed by atoms with Gasteiger partial charge in [0.1, 0.15) is 11.5 Å². The van der Waals surface area contributed by atoms with Gasteiger partial charge < -0.3 is 10.1 Å². The number of hydrogen-bond acceptors (Lipinski definition) is 3. The fourth-order valence-corrected chi connectivity index (χ4v) is 2.23. The van der Waals surface area contributed by atoms with E-state index in [4.69, 9.17) is 4.74 Å². The van der Waals surface area contributed by atoms with Crippen LogP contribution in [0.1, 0.15) is 5.56 Å². The highest BCUT2D eigenvalue weighted by Gasteiger charge is 2.04. The number of ether oxygens (including phenoxy) is 1. The van der Waals surface area contributed by atoms with Crippen molar-refractivity contribution >= 4 is 10.8 Å². The van der Waals surface area contributed by atoms with Crippen molar-refractivity contribution in [1.29, 1.82) is 0 Å². The first-order chi connectivity index (χ1) is 9.86. The van der Waals surface area contributed by atoms with Crippen LogP contribution >= 0.6 is 0 Å². The molecule has 100 valence electrons. The van der Waals surface area contributed by atoms with E-state index in [1.165, 1.54) is 5.39 Å². The summed E-state index contributed by atoms with van der Waals surface area (Å²) in [7, 11) is 1.91. The van der Waals surface area contributed by atoms with E-state index in [2.05, 4.69) is 28.5 Å².